The van der Waals surface area contributed by atoms with Gasteiger partial charge in [-0.25, -0.2) is 8.70 Å². The number of carbonyl (C=O) groups is 2. The summed E-state index contributed by atoms with van der Waals surface area (Å²) >= 11 is 12.6. The minimum absolute atomic E-state index is 0.132. The van der Waals surface area contributed by atoms with Crippen molar-refractivity contribution in [2.45, 2.75) is 45.3 Å². The molecule has 2 atom stereocenters. The van der Waals surface area contributed by atoms with Crippen molar-refractivity contribution in [3.8, 4) is 0 Å². The van der Waals surface area contributed by atoms with Crippen LogP contribution in [0.15, 0.2) is 72.8 Å². The van der Waals surface area contributed by atoms with Crippen LogP contribution in [0.2, 0.25) is 10.0 Å². The zero-order valence-corrected chi connectivity index (χ0v) is 26.3. The first-order chi connectivity index (χ1) is 19.8. The van der Waals surface area contributed by atoms with Gasteiger partial charge in [0, 0.05) is 43.1 Å². The molecule has 0 aliphatic carbocycles. The topological polar surface area (TPSA) is 90.0 Å². The van der Waals surface area contributed by atoms with Crippen molar-refractivity contribution >= 4 is 50.9 Å². The summed E-state index contributed by atoms with van der Waals surface area (Å²) in [6.45, 7) is 2.87. The van der Waals surface area contributed by atoms with Crippen LogP contribution in [-0.4, -0.2) is 62.2 Å². The SMILES string of the molecule is CCC(C)NC(=O)C(Cc1ccccc1)N(Cc1ccc(Cl)cc1Cl)C(=O)CN(c1ccccc1F)S(=O)(=O)N(C)C. The molecule has 0 radical (unpaired) electrons. The molecule has 0 aromatic heterocycles. The number of anilines is 1. The molecular formula is C30H35Cl2FN4O4S. The number of nitrogens with one attached hydrogen (secondary N) is 1. The van der Waals surface area contributed by atoms with Gasteiger partial charge in [0.05, 0.1) is 5.69 Å². The van der Waals surface area contributed by atoms with Crippen molar-refractivity contribution in [1.29, 1.82) is 0 Å². The standard InChI is InChI=1S/C30H35Cl2FN4O4S/c1-5-21(2)34-30(39)28(17-22-11-7-6-8-12-22)36(19-23-15-16-24(31)18-25(23)32)29(38)20-37(42(40,41)35(3)4)27-14-10-9-13-26(27)33/h6-16,18,21,28H,5,17,19-20H2,1-4H3,(H,34,39). The average Bonchev–Trinajstić information content (AvgIpc) is 2.95. The van der Waals surface area contributed by atoms with Gasteiger partial charge in [-0.2, -0.15) is 12.7 Å². The summed E-state index contributed by atoms with van der Waals surface area (Å²) in [4.78, 5) is 29.2. The molecule has 0 bridgehead atoms. The van der Waals surface area contributed by atoms with E-state index in [1.807, 2.05) is 44.2 Å². The van der Waals surface area contributed by atoms with E-state index in [9.17, 15) is 22.4 Å². The summed E-state index contributed by atoms with van der Waals surface area (Å²) in [6.07, 6.45) is 0.795. The van der Waals surface area contributed by atoms with Gasteiger partial charge in [0.1, 0.15) is 18.4 Å². The number of hydrogen-bond acceptors (Lipinski definition) is 4. The van der Waals surface area contributed by atoms with E-state index in [0.29, 0.717) is 21.3 Å². The monoisotopic (exact) mass is 636 g/mol. The van der Waals surface area contributed by atoms with Crippen LogP contribution >= 0.6 is 23.2 Å². The van der Waals surface area contributed by atoms with Gasteiger partial charge in [-0.1, -0.05) is 78.7 Å². The molecule has 1 N–H and O–H groups in total. The Bertz CT molecular complexity index is 1490. The van der Waals surface area contributed by atoms with E-state index in [0.717, 1.165) is 15.9 Å². The fraction of sp³-hybridized carbons (Fsp3) is 0.333. The van der Waals surface area contributed by atoms with Crippen LogP contribution in [0.25, 0.3) is 0 Å². The Labute approximate surface area is 257 Å². The first-order valence-electron chi connectivity index (χ1n) is 13.4. The molecule has 0 aliphatic heterocycles. The van der Waals surface area contributed by atoms with Crippen molar-refractivity contribution in [2.75, 3.05) is 24.9 Å². The molecule has 12 heteroatoms. The molecule has 2 unspecified atom stereocenters. The zero-order chi connectivity index (χ0) is 31.0. The van der Waals surface area contributed by atoms with Crippen LogP contribution in [0.5, 0.6) is 0 Å². The maximum absolute atomic E-state index is 14.9. The summed E-state index contributed by atoms with van der Waals surface area (Å²) in [6, 6.07) is 18.0. The molecule has 0 fully saturated rings. The molecule has 2 amide bonds. The predicted octanol–water partition coefficient (Wildman–Crippen LogP) is 5.30. The summed E-state index contributed by atoms with van der Waals surface area (Å²) < 4.78 is 43.3. The third kappa shape index (κ3) is 8.44. The fourth-order valence-electron chi connectivity index (χ4n) is 4.18. The molecule has 0 saturated carbocycles. The van der Waals surface area contributed by atoms with E-state index in [1.54, 1.807) is 12.1 Å². The molecule has 226 valence electrons. The lowest BCUT2D eigenvalue weighted by Gasteiger charge is -2.35. The lowest BCUT2D eigenvalue weighted by Crippen LogP contribution is -2.55. The quantitative estimate of drug-likeness (QED) is 0.276. The van der Waals surface area contributed by atoms with Crippen LogP contribution in [0.1, 0.15) is 31.4 Å². The van der Waals surface area contributed by atoms with Crippen LogP contribution in [-0.2, 0) is 32.8 Å². The maximum atomic E-state index is 14.9. The molecule has 0 heterocycles. The lowest BCUT2D eigenvalue weighted by molar-refractivity contribution is -0.140. The van der Waals surface area contributed by atoms with Gasteiger partial charge in [0.15, 0.2) is 0 Å². The maximum Gasteiger partial charge on any atom is 0.304 e. The Morgan fingerprint density at radius 1 is 0.976 bits per heavy atom. The Kier molecular flexibility index (Phi) is 11.8. The highest BCUT2D eigenvalue weighted by molar-refractivity contribution is 7.90. The van der Waals surface area contributed by atoms with Gasteiger partial charge in [-0.15, -0.1) is 0 Å². The summed E-state index contributed by atoms with van der Waals surface area (Å²) in [5.41, 5.74) is 0.984. The highest BCUT2D eigenvalue weighted by atomic mass is 35.5. The first kappa shape index (κ1) is 33.3. The molecular weight excluding hydrogens is 602 g/mol. The number of para-hydroxylation sites is 1. The van der Waals surface area contributed by atoms with Gasteiger partial charge in [0.25, 0.3) is 0 Å². The zero-order valence-electron chi connectivity index (χ0n) is 23.9. The average molecular weight is 638 g/mol. The van der Waals surface area contributed by atoms with E-state index in [2.05, 4.69) is 5.32 Å². The molecule has 3 rings (SSSR count). The molecule has 0 saturated heterocycles. The van der Waals surface area contributed by atoms with Crippen molar-refractivity contribution in [3.05, 3.63) is 99.8 Å². The van der Waals surface area contributed by atoms with E-state index in [-0.39, 0.29) is 29.7 Å². The highest BCUT2D eigenvalue weighted by Gasteiger charge is 2.36. The number of carbonyl (C=O) groups excluding carboxylic acids is 2. The van der Waals surface area contributed by atoms with E-state index in [1.165, 1.54) is 43.3 Å². The van der Waals surface area contributed by atoms with Crippen molar-refractivity contribution in [1.82, 2.24) is 14.5 Å². The van der Waals surface area contributed by atoms with E-state index >= 15 is 0 Å². The molecule has 0 aliphatic rings. The Morgan fingerprint density at radius 2 is 1.62 bits per heavy atom. The normalized spacial score (nSPS) is 13.0. The highest BCUT2D eigenvalue weighted by Crippen LogP contribution is 2.27. The number of amides is 2. The van der Waals surface area contributed by atoms with Crippen LogP contribution < -0.4 is 9.62 Å². The van der Waals surface area contributed by atoms with Gasteiger partial charge in [0.2, 0.25) is 11.8 Å². The summed E-state index contributed by atoms with van der Waals surface area (Å²) in [5, 5.41) is 3.61. The summed E-state index contributed by atoms with van der Waals surface area (Å²) in [5.74, 6) is -1.96. The summed E-state index contributed by atoms with van der Waals surface area (Å²) in [7, 11) is -1.75. The molecule has 3 aromatic rings. The van der Waals surface area contributed by atoms with Gasteiger partial charge < -0.3 is 10.2 Å². The number of benzene rings is 3. The van der Waals surface area contributed by atoms with Crippen LogP contribution in [0.3, 0.4) is 0 Å². The second kappa shape index (κ2) is 14.8. The predicted molar refractivity (Wildman–Crippen MR) is 165 cm³/mol. The van der Waals surface area contributed by atoms with Gasteiger partial charge in [-0.3, -0.25) is 9.59 Å². The molecule has 42 heavy (non-hydrogen) atoms. The smallest absolute Gasteiger partial charge is 0.304 e. The van der Waals surface area contributed by atoms with E-state index in [4.69, 9.17) is 23.2 Å². The van der Waals surface area contributed by atoms with Crippen molar-refractivity contribution in [3.63, 3.8) is 0 Å². The number of rotatable bonds is 13. The van der Waals surface area contributed by atoms with Crippen molar-refractivity contribution in [2.24, 2.45) is 0 Å². The van der Waals surface area contributed by atoms with Gasteiger partial charge in [-0.05, 0) is 48.7 Å². The van der Waals surface area contributed by atoms with Crippen LogP contribution in [0, 0.1) is 5.82 Å². The largest absolute Gasteiger partial charge is 0.352 e. The fourth-order valence-corrected chi connectivity index (χ4v) is 5.72. The second-order valence-electron chi connectivity index (χ2n) is 10.0. The van der Waals surface area contributed by atoms with E-state index < -0.39 is 40.4 Å². The molecule has 8 nitrogen and oxygen atoms in total. The van der Waals surface area contributed by atoms with Crippen molar-refractivity contribution < 1.29 is 22.4 Å². The number of nitrogens with zero attached hydrogens (tertiary/aromatic N) is 3. The lowest BCUT2D eigenvalue weighted by atomic mass is 10.0. The minimum Gasteiger partial charge on any atom is -0.352 e. The third-order valence-corrected chi connectivity index (χ3v) is 9.16. The Morgan fingerprint density at radius 3 is 2.21 bits per heavy atom. The Hall–Kier alpha value is -3.18. The second-order valence-corrected chi connectivity index (χ2v) is 12.9. The number of halogens is 3. The number of hydrogen-bond donors (Lipinski definition) is 1. The van der Waals surface area contributed by atoms with Crippen LogP contribution in [0.4, 0.5) is 10.1 Å². The minimum atomic E-state index is -4.32. The molecule has 3 aromatic carbocycles. The molecule has 0 spiro atoms. The van der Waals surface area contributed by atoms with Gasteiger partial charge >= 0.3 is 10.2 Å². The first-order valence-corrected chi connectivity index (χ1v) is 15.5. The Balaban J connectivity index is 2.14. The third-order valence-electron chi connectivity index (χ3n) is 6.77.